The number of carbonyl (C=O) groups is 2. The minimum Gasteiger partial charge on any atom is -0.361 e. The summed E-state index contributed by atoms with van der Waals surface area (Å²) in [5.74, 6) is -0.764. The van der Waals surface area contributed by atoms with Crippen LogP contribution in [0.4, 0.5) is 0 Å². The maximum Gasteiger partial charge on any atom is 0.276 e. The van der Waals surface area contributed by atoms with Gasteiger partial charge in [-0.25, -0.2) is 0 Å². The van der Waals surface area contributed by atoms with Gasteiger partial charge in [-0.2, -0.15) is 0 Å². The molecule has 0 fully saturated rings. The molecular formula is C21H42N2O4. The summed E-state index contributed by atoms with van der Waals surface area (Å²) in [4.78, 5) is 22.6. The summed E-state index contributed by atoms with van der Waals surface area (Å²) in [6.45, 7) is 3.05. The lowest BCUT2D eigenvalue weighted by Gasteiger charge is -2.07. The molecule has 0 aromatic carbocycles. The Hall–Kier alpha value is -1.14. The molecule has 0 rings (SSSR count). The Bertz CT molecular complexity index is 362. The molecule has 0 unspecified atom stereocenters. The van der Waals surface area contributed by atoms with E-state index in [4.69, 9.17) is 10.2 Å². The average Bonchev–Trinajstić information content (AvgIpc) is 2.64. The Morgan fingerprint density at radius 3 is 1.59 bits per heavy atom. The molecule has 6 nitrogen and oxygen atoms in total. The van der Waals surface area contributed by atoms with Crippen LogP contribution in [0.2, 0.25) is 0 Å². The van der Waals surface area contributed by atoms with Gasteiger partial charge in [0.05, 0.1) is 0 Å². The first-order valence-electron chi connectivity index (χ1n) is 11.0. The molecule has 2 amide bonds. The molecule has 0 heterocycles. The summed E-state index contributed by atoms with van der Waals surface area (Å²) >= 11 is 0. The van der Waals surface area contributed by atoms with Crippen LogP contribution in [-0.4, -0.2) is 41.4 Å². The second-order valence-corrected chi connectivity index (χ2v) is 7.36. The van der Waals surface area contributed by atoms with Crippen molar-refractivity contribution in [1.29, 1.82) is 0 Å². The van der Waals surface area contributed by atoms with Crippen molar-refractivity contribution in [3.8, 4) is 0 Å². The fraction of sp³-hybridized carbons (Fsp3) is 0.905. The van der Waals surface area contributed by atoms with Crippen LogP contribution < -0.4 is 10.6 Å². The summed E-state index contributed by atoms with van der Waals surface area (Å²) in [5.41, 5.74) is 0. The maximum absolute atomic E-state index is 11.7. The van der Waals surface area contributed by atoms with Crippen LogP contribution in [0.1, 0.15) is 103 Å². The van der Waals surface area contributed by atoms with Crippen molar-refractivity contribution in [3.05, 3.63) is 0 Å². The number of aliphatic hydroxyl groups is 2. The molecule has 160 valence electrons. The van der Waals surface area contributed by atoms with Crippen molar-refractivity contribution < 1.29 is 19.8 Å². The zero-order valence-corrected chi connectivity index (χ0v) is 17.3. The van der Waals surface area contributed by atoms with E-state index in [1.165, 1.54) is 70.6 Å². The van der Waals surface area contributed by atoms with E-state index in [0.717, 1.165) is 12.8 Å². The Kier molecular flexibility index (Phi) is 18.8. The molecule has 0 saturated carbocycles. The predicted octanol–water partition coefficient (Wildman–Crippen LogP) is 3.40. The van der Waals surface area contributed by atoms with E-state index >= 15 is 0 Å². The van der Waals surface area contributed by atoms with Gasteiger partial charge in [0, 0.05) is 19.5 Å². The van der Waals surface area contributed by atoms with Crippen LogP contribution in [0.5, 0.6) is 0 Å². The lowest BCUT2D eigenvalue weighted by molar-refractivity contribution is -0.147. The third-order valence-electron chi connectivity index (χ3n) is 4.72. The van der Waals surface area contributed by atoms with Crippen molar-refractivity contribution in [1.82, 2.24) is 10.6 Å². The quantitative estimate of drug-likeness (QED) is 0.202. The summed E-state index contributed by atoms with van der Waals surface area (Å²) < 4.78 is 0. The van der Waals surface area contributed by atoms with Gasteiger partial charge in [-0.3, -0.25) is 9.59 Å². The first-order chi connectivity index (χ1) is 13.1. The molecule has 0 aliphatic carbocycles. The molecule has 4 N–H and O–H groups in total. The molecule has 0 aromatic rings. The number of hydrogen-bond donors (Lipinski definition) is 4. The molecule has 0 aliphatic rings. The van der Waals surface area contributed by atoms with Gasteiger partial charge in [0.2, 0.25) is 12.2 Å². The van der Waals surface area contributed by atoms with E-state index in [9.17, 15) is 9.59 Å². The monoisotopic (exact) mass is 386 g/mol. The Balaban J connectivity index is 3.22. The first-order valence-corrected chi connectivity index (χ1v) is 11.0. The van der Waals surface area contributed by atoms with Crippen LogP contribution in [0.3, 0.4) is 0 Å². The van der Waals surface area contributed by atoms with Crippen molar-refractivity contribution >= 4 is 11.8 Å². The molecule has 0 aromatic heterocycles. The van der Waals surface area contributed by atoms with Crippen molar-refractivity contribution in [2.24, 2.45) is 0 Å². The van der Waals surface area contributed by atoms with Crippen molar-refractivity contribution in [3.63, 3.8) is 0 Å². The number of hydrogen-bond acceptors (Lipinski definition) is 4. The highest BCUT2D eigenvalue weighted by atomic mass is 16.5. The van der Waals surface area contributed by atoms with Crippen LogP contribution in [0, 0.1) is 0 Å². The average molecular weight is 387 g/mol. The van der Waals surface area contributed by atoms with Crippen LogP contribution in [0.25, 0.3) is 0 Å². The van der Waals surface area contributed by atoms with Gasteiger partial charge in [-0.15, -0.1) is 0 Å². The molecule has 6 heteroatoms. The van der Waals surface area contributed by atoms with Gasteiger partial charge < -0.3 is 20.8 Å². The SMILES string of the molecule is CCCCCCCCCCCCCCCC(=O)NCCCNC(=O)C(O)O. The minimum absolute atomic E-state index is 0.0478. The van der Waals surface area contributed by atoms with E-state index in [1.807, 2.05) is 0 Å². The molecule has 0 atom stereocenters. The van der Waals surface area contributed by atoms with E-state index in [0.29, 0.717) is 25.9 Å². The van der Waals surface area contributed by atoms with E-state index < -0.39 is 12.2 Å². The molecule has 0 aliphatic heterocycles. The van der Waals surface area contributed by atoms with Gasteiger partial charge in [0.15, 0.2) is 0 Å². The van der Waals surface area contributed by atoms with Crippen LogP contribution in [-0.2, 0) is 9.59 Å². The standard InChI is InChI=1S/C21H42N2O4/c1-2-3-4-5-6-7-8-9-10-11-12-13-14-16-19(24)22-17-15-18-23-20(25)21(26)27/h21,26-27H,2-18H2,1H3,(H,22,24)(H,23,25). The lowest BCUT2D eigenvalue weighted by Crippen LogP contribution is -2.36. The van der Waals surface area contributed by atoms with Crippen LogP contribution >= 0.6 is 0 Å². The van der Waals surface area contributed by atoms with Gasteiger partial charge >= 0.3 is 0 Å². The lowest BCUT2D eigenvalue weighted by atomic mass is 10.0. The Morgan fingerprint density at radius 1 is 0.667 bits per heavy atom. The minimum atomic E-state index is -1.98. The normalized spacial score (nSPS) is 11.0. The molecular weight excluding hydrogens is 344 g/mol. The number of carbonyl (C=O) groups excluding carboxylic acids is 2. The zero-order chi connectivity index (χ0) is 20.2. The first kappa shape index (κ1) is 25.9. The summed E-state index contributed by atoms with van der Waals surface area (Å²) in [6.07, 6.45) is 16.0. The number of unbranched alkanes of at least 4 members (excludes halogenated alkanes) is 12. The van der Waals surface area contributed by atoms with Gasteiger partial charge in [-0.1, -0.05) is 84.0 Å². The van der Waals surface area contributed by atoms with Crippen molar-refractivity contribution in [2.75, 3.05) is 13.1 Å². The fourth-order valence-corrected chi connectivity index (χ4v) is 3.01. The largest absolute Gasteiger partial charge is 0.361 e. The van der Waals surface area contributed by atoms with E-state index in [1.54, 1.807) is 0 Å². The summed E-state index contributed by atoms with van der Waals surface area (Å²) in [6, 6.07) is 0. The fourth-order valence-electron chi connectivity index (χ4n) is 3.01. The van der Waals surface area contributed by atoms with E-state index in [-0.39, 0.29) is 5.91 Å². The molecule has 27 heavy (non-hydrogen) atoms. The zero-order valence-electron chi connectivity index (χ0n) is 17.3. The second kappa shape index (κ2) is 19.6. The van der Waals surface area contributed by atoms with E-state index in [2.05, 4.69) is 17.6 Å². The number of nitrogens with one attached hydrogen (secondary N) is 2. The maximum atomic E-state index is 11.7. The highest BCUT2D eigenvalue weighted by Crippen LogP contribution is 2.12. The second-order valence-electron chi connectivity index (χ2n) is 7.36. The molecule has 0 spiro atoms. The summed E-state index contributed by atoms with van der Waals surface area (Å²) in [7, 11) is 0. The van der Waals surface area contributed by atoms with Crippen LogP contribution in [0.15, 0.2) is 0 Å². The summed E-state index contributed by atoms with van der Waals surface area (Å²) in [5, 5.41) is 22.4. The van der Waals surface area contributed by atoms with Gasteiger partial charge in [-0.05, 0) is 12.8 Å². The predicted molar refractivity (Wildman–Crippen MR) is 109 cm³/mol. The number of aliphatic hydroxyl groups excluding tert-OH is 1. The smallest absolute Gasteiger partial charge is 0.276 e. The number of rotatable bonds is 19. The third-order valence-corrected chi connectivity index (χ3v) is 4.72. The highest BCUT2D eigenvalue weighted by Gasteiger charge is 2.08. The topological polar surface area (TPSA) is 98.7 Å². The highest BCUT2D eigenvalue weighted by molar-refractivity contribution is 5.78. The van der Waals surface area contributed by atoms with Crippen molar-refractivity contribution in [2.45, 2.75) is 110 Å². The van der Waals surface area contributed by atoms with Gasteiger partial charge in [0.1, 0.15) is 0 Å². The van der Waals surface area contributed by atoms with Gasteiger partial charge in [0.25, 0.3) is 5.91 Å². The third kappa shape index (κ3) is 19.4. The number of amides is 2. The molecule has 0 radical (unpaired) electrons. The molecule has 0 saturated heterocycles. The molecule has 0 bridgehead atoms. The Labute approximate surface area is 165 Å². The Morgan fingerprint density at radius 2 is 1.11 bits per heavy atom.